The van der Waals surface area contributed by atoms with Crippen LogP contribution < -0.4 is 0 Å². The number of halogens is 3. The van der Waals surface area contributed by atoms with Crippen LogP contribution in [-0.4, -0.2) is 41.3 Å². The van der Waals surface area contributed by atoms with E-state index in [1.165, 1.54) is 11.8 Å². The number of benzene rings is 1. The molecular weight excluding hydrogens is 359 g/mol. The van der Waals surface area contributed by atoms with Gasteiger partial charge < -0.3 is 10.0 Å². The van der Waals surface area contributed by atoms with Gasteiger partial charge in [0.05, 0.1) is 5.92 Å². The maximum Gasteiger partial charge on any atom is 0.393 e. The number of likely N-dealkylation sites (tertiary alicyclic amines) is 1. The minimum atomic E-state index is -4.21. The number of hydrogen-bond acceptors (Lipinski definition) is 3. The van der Waals surface area contributed by atoms with Crippen LogP contribution in [0.15, 0.2) is 29.2 Å². The lowest BCUT2D eigenvalue weighted by Crippen LogP contribution is -2.42. The molecule has 0 saturated carbocycles. The number of piperidine rings is 1. The van der Waals surface area contributed by atoms with Gasteiger partial charge in [-0.05, 0) is 68.8 Å². The highest BCUT2D eigenvalue weighted by Crippen LogP contribution is 2.33. The van der Waals surface area contributed by atoms with Gasteiger partial charge in [0.2, 0.25) is 0 Å². The summed E-state index contributed by atoms with van der Waals surface area (Å²) in [5, 5.41) is 9.46. The first-order chi connectivity index (χ1) is 12.1. The van der Waals surface area contributed by atoms with Gasteiger partial charge in [-0.15, -0.1) is 0 Å². The molecule has 148 valence electrons. The second-order valence-corrected chi connectivity index (χ2v) is 9.08. The molecule has 1 aliphatic rings. The largest absolute Gasteiger partial charge is 0.393 e. The van der Waals surface area contributed by atoms with Crippen molar-refractivity contribution in [2.75, 3.05) is 19.6 Å². The Bertz CT molecular complexity index is 554. The highest BCUT2D eigenvalue weighted by molar-refractivity contribution is 7.99. The summed E-state index contributed by atoms with van der Waals surface area (Å²) >= 11 is 1.25. The normalized spacial score (nSPS) is 19.7. The number of nitrogens with zero attached hydrogens (tertiary/aromatic N) is 1. The molecule has 0 radical (unpaired) electrons. The number of thioether (sulfide) groups is 1. The molecule has 2 nitrogen and oxygen atoms in total. The predicted molar refractivity (Wildman–Crippen MR) is 101 cm³/mol. The standard InChI is InChI=1S/C20H30F3NOS/c1-14(2)17-7-9-24(10-8-17)13-18(20(21,22)23)11-16-5-4-6-19(12-16)26-15(3)25/h4-6,12,14-15,17-18,25H,7-11,13H2,1-3H3. The molecule has 0 aliphatic carbocycles. The van der Waals surface area contributed by atoms with Gasteiger partial charge in [-0.25, -0.2) is 0 Å². The minimum absolute atomic E-state index is 0.0121. The van der Waals surface area contributed by atoms with E-state index in [0.29, 0.717) is 17.4 Å². The van der Waals surface area contributed by atoms with Crippen molar-refractivity contribution in [3.63, 3.8) is 0 Å². The fourth-order valence-electron chi connectivity index (χ4n) is 3.62. The van der Waals surface area contributed by atoms with Crippen molar-refractivity contribution in [3.05, 3.63) is 29.8 Å². The fourth-order valence-corrected chi connectivity index (χ4v) is 4.40. The average molecular weight is 390 g/mol. The molecular formula is C20H30F3NOS. The van der Waals surface area contributed by atoms with E-state index in [1.807, 2.05) is 11.0 Å². The van der Waals surface area contributed by atoms with Crippen LogP contribution >= 0.6 is 11.8 Å². The molecule has 1 fully saturated rings. The van der Waals surface area contributed by atoms with Crippen LogP contribution in [0.25, 0.3) is 0 Å². The Morgan fingerprint density at radius 1 is 1.19 bits per heavy atom. The van der Waals surface area contributed by atoms with E-state index in [4.69, 9.17) is 0 Å². The summed E-state index contributed by atoms with van der Waals surface area (Å²) in [6.07, 6.45) is -2.24. The third-order valence-corrected chi connectivity index (χ3v) is 6.07. The lowest BCUT2D eigenvalue weighted by atomic mass is 9.86. The molecule has 26 heavy (non-hydrogen) atoms. The van der Waals surface area contributed by atoms with E-state index < -0.39 is 17.5 Å². The van der Waals surface area contributed by atoms with Gasteiger partial charge in [0.1, 0.15) is 5.44 Å². The van der Waals surface area contributed by atoms with Crippen LogP contribution in [0.3, 0.4) is 0 Å². The van der Waals surface area contributed by atoms with Crippen molar-refractivity contribution in [1.29, 1.82) is 0 Å². The topological polar surface area (TPSA) is 23.5 Å². The summed E-state index contributed by atoms with van der Waals surface area (Å²) in [6, 6.07) is 7.10. The van der Waals surface area contributed by atoms with Gasteiger partial charge >= 0.3 is 6.18 Å². The van der Waals surface area contributed by atoms with E-state index in [-0.39, 0.29) is 13.0 Å². The second-order valence-electron chi connectivity index (χ2n) is 7.69. The first-order valence-corrected chi connectivity index (χ1v) is 10.3. The van der Waals surface area contributed by atoms with Crippen LogP contribution in [0.1, 0.15) is 39.2 Å². The molecule has 1 aromatic rings. The van der Waals surface area contributed by atoms with Gasteiger partial charge in [0, 0.05) is 11.4 Å². The van der Waals surface area contributed by atoms with E-state index in [0.717, 1.165) is 30.8 Å². The van der Waals surface area contributed by atoms with Crippen LogP contribution in [0.5, 0.6) is 0 Å². The molecule has 1 saturated heterocycles. The zero-order chi connectivity index (χ0) is 19.3. The monoisotopic (exact) mass is 389 g/mol. The van der Waals surface area contributed by atoms with E-state index in [1.54, 1.807) is 25.1 Å². The van der Waals surface area contributed by atoms with Gasteiger partial charge in [0.25, 0.3) is 0 Å². The van der Waals surface area contributed by atoms with Crippen molar-refractivity contribution in [2.24, 2.45) is 17.8 Å². The van der Waals surface area contributed by atoms with Gasteiger partial charge in [-0.1, -0.05) is 37.7 Å². The number of aliphatic hydroxyl groups is 1. The Hall–Kier alpha value is -0.720. The SMILES string of the molecule is CC(O)Sc1cccc(CC(CN2CCC(C(C)C)CC2)C(F)(F)F)c1. The lowest BCUT2D eigenvalue weighted by molar-refractivity contribution is -0.179. The zero-order valence-electron chi connectivity index (χ0n) is 15.8. The first kappa shape index (κ1) is 21.6. The van der Waals surface area contributed by atoms with Crippen LogP contribution in [0.2, 0.25) is 0 Å². The molecule has 0 aromatic heterocycles. The van der Waals surface area contributed by atoms with E-state index in [2.05, 4.69) is 13.8 Å². The molecule has 0 spiro atoms. The Balaban J connectivity index is 2.00. The van der Waals surface area contributed by atoms with Crippen LogP contribution in [0, 0.1) is 17.8 Å². The minimum Gasteiger partial charge on any atom is -0.382 e. The third-order valence-electron chi connectivity index (χ3n) is 5.20. The van der Waals surface area contributed by atoms with Crippen LogP contribution in [0.4, 0.5) is 13.2 Å². The molecule has 1 heterocycles. The molecule has 2 rings (SSSR count). The molecule has 2 atom stereocenters. The summed E-state index contributed by atoms with van der Waals surface area (Å²) < 4.78 is 40.8. The molecule has 0 bridgehead atoms. The van der Waals surface area contributed by atoms with Gasteiger partial charge in [-0.3, -0.25) is 0 Å². The highest BCUT2D eigenvalue weighted by atomic mass is 32.2. The highest BCUT2D eigenvalue weighted by Gasteiger charge is 2.40. The predicted octanol–water partition coefficient (Wildman–Crippen LogP) is 5.21. The smallest absolute Gasteiger partial charge is 0.382 e. The number of rotatable bonds is 7. The Morgan fingerprint density at radius 3 is 2.38 bits per heavy atom. The van der Waals surface area contributed by atoms with E-state index in [9.17, 15) is 18.3 Å². The Kier molecular flexibility index (Phi) is 7.86. The number of hydrogen-bond donors (Lipinski definition) is 1. The summed E-state index contributed by atoms with van der Waals surface area (Å²) in [4.78, 5) is 2.78. The maximum absolute atomic E-state index is 13.6. The number of aliphatic hydroxyl groups excluding tert-OH is 1. The summed E-state index contributed by atoms with van der Waals surface area (Å²) in [5.41, 5.74) is 0.0981. The summed E-state index contributed by atoms with van der Waals surface area (Å²) in [5.74, 6) is -0.126. The third kappa shape index (κ3) is 6.78. The van der Waals surface area contributed by atoms with Crippen LogP contribution in [-0.2, 0) is 6.42 Å². The van der Waals surface area contributed by atoms with Gasteiger partial charge in [0.15, 0.2) is 0 Å². The summed E-state index contributed by atoms with van der Waals surface area (Å²) in [7, 11) is 0. The van der Waals surface area contributed by atoms with Crippen molar-refractivity contribution >= 4 is 11.8 Å². The van der Waals surface area contributed by atoms with E-state index >= 15 is 0 Å². The molecule has 1 N–H and O–H groups in total. The fraction of sp³-hybridized carbons (Fsp3) is 0.700. The van der Waals surface area contributed by atoms with Crippen molar-refractivity contribution in [3.8, 4) is 0 Å². The Labute approximate surface area is 159 Å². The second kappa shape index (κ2) is 9.47. The molecule has 2 unspecified atom stereocenters. The molecule has 0 amide bonds. The maximum atomic E-state index is 13.6. The van der Waals surface area contributed by atoms with Crippen molar-refractivity contribution in [1.82, 2.24) is 4.90 Å². The van der Waals surface area contributed by atoms with Gasteiger partial charge in [-0.2, -0.15) is 13.2 Å². The first-order valence-electron chi connectivity index (χ1n) is 9.38. The molecule has 1 aromatic carbocycles. The number of alkyl halides is 3. The molecule has 6 heteroatoms. The Morgan fingerprint density at radius 2 is 1.85 bits per heavy atom. The average Bonchev–Trinajstić information content (AvgIpc) is 2.53. The van der Waals surface area contributed by atoms with Crippen molar-refractivity contribution < 1.29 is 18.3 Å². The van der Waals surface area contributed by atoms with Crippen molar-refractivity contribution in [2.45, 2.75) is 56.5 Å². The summed E-state index contributed by atoms with van der Waals surface area (Å²) in [6.45, 7) is 7.62. The quantitative estimate of drug-likeness (QED) is 0.512. The molecule has 1 aliphatic heterocycles. The lowest BCUT2D eigenvalue weighted by Gasteiger charge is -2.36. The zero-order valence-corrected chi connectivity index (χ0v) is 16.6.